The second-order valence-corrected chi connectivity index (χ2v) is 4.59. The smallest absolute Gasteiger partial charge is 0.146 e. The summed E-state index contributed by atoms with van der Waals surface area (Å²) in [4.78, 5) is 1.64. The molecule has 90 valence electrons. The number of hydrogen-bond acceptors (Lipinski definition) is 2. The van der Waals surface area contributed by atoms with Crippen molar-refractivity contribution in [1.29, 1.82) is 5.26 Å². The molecule has 2 aromatic carbocycles. The molecule has 2 rings (SSSR count). The first-order valence-electron chi connectivity index (χ1n) is 5.37. The average molecular weight is 305 g/mol. The van der Waals surface area contributed by atoms with Gasteiger partial charge in [-0.1, -0.05) is 34.1 Å². The van der Waals surface area contributed by atoms with Crippen molar-refractivity contribution in [1.82, 2.24) is 0 Å². The molecule has 0 saturated carbocycles. The molecule has 18 heavy (non-hydrogen) atoms. The lowest BCUT2D eigenvalue weighted by Crippen LogP contribution is -2.18. The topological polar surface area (TPSA) is 27.0 Å². The summed E-state index contributed by atoms with van der Waals surface area (Å²) in [6, 6.07) is 16.0. The fourth-order valence-corrected chi connectivity index (χ4v) is 2.04. The molecule has 0 heterocycles. The predicted molar refractivity (Wildman–Crippen MR) is 73.2 cm³/mol. The van der Waals surface area contributed by atoms with Gasteiger partial charge in [0.25, 0.3) is 0 Å². The van der Waals surface area contributed by atoms with Crippen molar-refractivity contribution in [2.24, 2.45) is 0 Å². The first kappa shape index (κ1) is 12.6. The van der Waals surface area contributed by atoms with Gasteiger partial charge in [-0.05, 0) is 30.3 Å². The molecule has 0 unspecified atom stereocenters. The third-order valence-electron chi connectivity index (χ3n) is 2.50. The number of halogens is 2. The Morgan fingerprint density at radius 2 is 1.89 bits per heavy atom. The zero-order valence-electron chi connectivity index (χ0n) is 9.48. The van der Waals surface area contributed by atoms with Crippen LogP contribution in [0.15, 0.2) is 53.0 Å². The lowest BCUT2D eigenvalue weighted by Gasteiger charge is -2.22. The van der Waals surface area contributed by atoms with E-state index in [0.717, 1.165) is 10.2 Å². The van der Waals surface area contributed by atoms with Gasteiger partial charge in [0.15, 0.2) is 0 Å². The first-order chi connectivity index (χ1) is 8.72. The van der Waals surface area contributed by atoms with Crippen molar-refractivity contribution in [2.45, 2.75) is 0 Å². The Labute approximate surface area is 113 Å². The lowest BCUT2D eigenvalue weighted by molar-refractivity contribution is 0.626. The van der Waals surface area contributed by atoms with E-state index in [1.807, 2.05) is 30.3 Å². The number of anilines is 2. The molecule has 0 aliphatic carbocycles. The summed E-state index contributed by atoms with van der Waals surface area (Å²) in [5, 5.41) is 8.89. The summed E-state index contributed by atoms with van der Waals surface area (Å²) in [5.74, 6) is -0.350. The summed E-state index contributed by atoms with van der Waals surface area (Å²) in [6.45, 7) is 0.0946. The zero-order valence-corrected chi connectivity index (χ0v) is 11.1. The highest BCUT2D eigenvalue weighted by atomic mass is 79.9. The van der Waals surface area contributed by atoms with Gasteiger partial charge in [-0.2, -0.15) is 5.26 Å². The van der Waals surface area contributed by atoms with E-state index in [4.69, 9.17) is 5.26 Å². The Morgan fingerprint density at radius 1 is 1.17 bits per heavy atom. The zero-order chi connectivity index (χ0) is 13.0. The molecule has 0 aromatic heterocycles. The highest BCUT2D eigenvalue weighted by molar-refractivity contribution is 9.10. The van der Waals surface area contributed by atoms with Crippen molar-refractivity contribution < 1.29 is 4.39 Å². The third-order valence-corrected chi connectivity index (χ3v) is 2.99. The van der Waals surface area contributed by atoms with Crippen molar-refractivity contribution in [3.8, 4) is 6.07 Å². The Balaban J connectivity index is 2.49. The van der Waals surface area contributed by atoms with Crippen LogP contribution in [0.3, 0.4) is 0 Å². The summed E-state index contributed by atoms with van der Waals surface area (Å²) in [6.07, 6.45) is 0. The van der Waals surface area contributed by atoms with Crippen LogP contribution in [0, 0.1) is 17.1 Å². The molecule has 0 spiro atoms. The van der Waals surface area contributed by atoms with Gasteiger partial charge in [-0.15, -0.1) is 0 Å². The second-order valence-electron chi connectivity index (χ2n) is 3.68. The number of nitriles is 1. The van der Waals surface area contributed by atoms with Gasteiger partial charge in [0.2, 0.25) is 0 Å². The van der Waals surface area contributed by atoms with Crippen LogP contribution in [0.25, 0.3) is 0 Å². The van der Waals surface area contributed by atoms with Crippen molar-refractivity contribution >= 4 is 27.3 Å². The standard InChI is InChI=1S/C14H10BrFN2/c15-11-6-7-13(16)14(10-11)18(9-8-17)12-4-2-1-3-5-12/h1-7,10H,9H2. The van der Waals surface area contributed by atoms with Crippen molar-refractivity contribution in [3.63, 3.8) is 0 Å². The number of rotatable bonds is 3. The van der Waals surface area contributed by atoms with E-state index in [1.54, 1.807) is 17.0 Å². The molecule has 0 bridgehead atoms. The molecule has 0 atom stereocenters. The number of benzene rings is 2. The van der Waals surface area contributed by atoms with Crippen LogP contribution in [0.4, 0.5) is 15.8 Å². The molecule has 2 aromatic rings. The highest BCUT2D eigenvalue weighted by Gasteiger charge is 2.13. The minimum Gasteiger partial charge on any atom is -0.325 e. The summed E-state index contributed by atoms with van der Waals surface area (Å²) in [7, 11) is 0. The van der Waals surface area contributed by atoms with Crippen molar-refractivity contribution in [3.05, 3.63) is 58.8 Å². The molecule has 0 aliphatic rings. The summed E-state index contributed by atoms with van der Waals surface area (Å²) in [5.41, 5.74) is 1.17. The number of nitrogens with zero attached hydrogens (tertiary/aromatic N) is 2. The monoisotopic (exact) mass is 304 g/mol. The van der Waals surface area contributed by atoms with E-state index in [1.165, 1.54) is 6.07 Å². The Hall–Kier alpha value is -1.86. The molecule has 0 radical (unpaired) electrons. The van der Waals surface area contributed by atoms with Crippen LogP contribution in [-0.4, -0.2) is 6.54 Å². The van der Waals surface area contributed by atoms with Crippen LogP contribution in [0.5, 0.6) is 0 Å². The second kappa shape index (κ2) is 5.65. The van der Waals surface area contributed by atoms with E-state index in [-0.39, 0.29) is 12.4 Å². The third kappa shape index (κ3) is 2.69. The summed E-state index contributed by atoms with van der Waals surface area (Å²) >= 11 is 3.31. The van der Waals surface area contributed by atoms with E-state index >= 15 is 0 Å². The molecule has 0 fully saturated rings. The fraction of sp³-hybridized carbons (Fsp3) is 0.0714. The first-order valence-corrected chi connectivity index (χ1v) is 6.16. The quantitative estimate of drug-likeness (QED) is 0.793. The average Bonchev–Trinajstić information content (AvgIpc) is 2.40. The molecule has 4 heteroatoms. The molecule has 0 N–H and O–H groups in total. The largest absolute Gasteiger partial charge is 0.325 e. The Kier molecular flexibility index (Phi) is 3.96. The predicted octanol–water partition coefficient (Wildman–Crippen LogP) is 4.25. The van der Waals surface area contributed by atoms with Crippen LogP contribution in [0.2, 0.25) is 0 Å². The Bertz CT molecular complexity index is 578. The maximum absolute atomic E-state index is 13.9. The SMILES string of the molecule is N#CCN(c1ccccc1)c1cc(Br)ccc1F. The van der Waals surface area contributed by atoms with E-state index in [0.29, 0.717) is 5.69 Å². The van der Waals surface area contributed by atoms with E-state index in [2.05, 4.69) is 22.0 Å². The molecule has 0 aliphatic heterocycles. The van der Waals surface area contributed by atoms with Gasteiger partial charge >= 0.3 is 0 Å². The molecular weight excluding hydrogens is 295 g/mol. The maximum Gasteiger partial charge on any atom is 0.146 e. The number of hydrogen-bond donors (Lipinski definition) is 0. The van der Waals surface area contributed by atoms with E-state index < -0.39 is 0 Å². The minimum atomic E-state index is -0.350. The van der Waals surface area contributed by atoms with Gasteiger partial charge in [0, 0.05) is 10.2 Å². The molecular formula is C14H10BrFN2. The maximum atomic E-state index is 13.9. The molecule has 2 nitrogen and oxygen atoms in total. The van der Waals surface area contributed by atoms with Gasteiger partial charge in [0.05, 0.1) is 11.8 Å². The van der Waals surface area contributed by atoms with Gasteiger partial charge < -0.3 is 4.90 Å². The highest BCUT2D eigenvalue weighted by Crippen LogP contribution is 2.29. The molecule has 0 saturated heterocycles. The van der Waals surface area contributed by atoms with Crippen LogP contribution >= 0.6 is 15.9 Å². The number of para-hydroxylation sites is 1. The fourth-order valence-electron chi connectivity index (χ4n) is 1.69. The van der Waals surface area contributed by atoms with Gasteiger partial charge in [-0.25, -0.2) is 4.39 Å². The molecule has 0 amide bonds. The van der Waals surface area contributed by atoms with Crippen LogP contribution in [0.1, 0.15) is 0 Å². The minimum absolute atomic E-state index is 0.0946. The van der Waals surface area contributed by atoms with Gasteiger partial charge in [-0.3, -0.25) is 0 Å². The van der Waals surface area contributed by atoms with E-state index in [9.17, 15) is 4.39 Å². The lowest BCUT2D eigenvalue weighted by atomic mass is 10.2. The van der Waals surface area contributed by atoms with Crippen LogP contribution in [-0.2, 0) is 0 Å². The van der Waals surface area contributed by atoms with Gasteiger partial charge in [0.1, 0.15) is 12.4 Å². The summed E-state index contributed by atoms with van der Waals surface area (Å²) < 4.78 is 14.6. The van der Waals surface area contributed by atoms with Crippen molar-refractivity contribution in [2.75, 3.05) is 11.4 Å². The normalized spacial score (nSPS) is 9.83. The van der Waals surface area contributed by atoms with Crippen LogP contribution < -0.4 is 4.90 Å². The Morgan fingerprint density at radius 3 is 2.56 bits per heavy atom.